The Morgan fingerprint density at radius 2 is 2.08 bits per heavy atom. The molecule has 4 N–H and O–H groups in total. The van der Waals surface area contributed by atoms with Crippen molar-refractivity contribution in [2.45, 2.75) is 51.3 Å². The summed E-state index contributed by atoms with van der Waals surface area (Å²) in [5.41, 5.74) is 0.645. The molecule has 16 heteroatoms. The second kappa shape index (κ2) is 12.6. The Labute approximate surface area is 223 Å². The highest BCUT2D eigenvalue weighted by Crippen LogP contribution is 2.30. The number of hydrogen-bond donors (Lipinski definition) is 4. The number of nitrogens with zero attached hydrogens (tertiary/aromatic N) is 3. The minimum Gasteiger partial charge on any atom is -0.534 e. The maximum absolute atomic E-state index is 12.6. The number of rotatable bonds is 9. The highest BCUT2D eigenvalue weighted by atomic mass is 16.8. The molecule has 4 rings (SSSR count). The number of nitrogens with one attached hydrogen (secondary N) is 3. The van der Waals surface area contributed by atoms with Crippen molar-refractivity contribution in [1.29, 1.82) is 0 Å². The molecular weight excluding hydrogens is 515 g/mol. The molecule has 2 atom stereocenters. The molecule has 0 radical (unpaired) electrons. The highest BCUT2D eigenvalue weighted by Gasteiger charge is 2.38. The monoisotopic (exact) mass is 544 g/mol. The van der Waals surface area contributed by atoms with Crippen molar-refractivity contribution in [2.75, 3.05) is 19.9 Å². The van der Waals surface area contributed by atoms with Gasteiger partial charge in [-0.1, -0.05) is 17.3 Å². The maximum Gasteiger partial charge on any atom is 0.547 e. The van der Waals surface area contributed by atoms with Crippen LogP contribution in [0, 0.1) is 0 Å². The summed E-state index contributed by atoms with van der Waals surface area (Å²) in [6.07, 6.45) is 0.969. The zero-order chi connectivity index (χ0) is 27.9. The summed E-state index contributed by atoms with van der Waals surface area (Å²) in [7, 11) is -1.47. The third-order valence-electron chi connectivity index (χ3n) is 5.86. The van der Waals surface area contributed by atoms with Crippen LogP contribution in [0.4, 0.5) is 4.79 Å². The van der Waals surface area contributed by atoms with E-state index in [4.69, 9.17) is 14.1 Å². The summed E-state index contributed by atoms with van der Waals surface area (Å²) in [5, 5.41) is 26.8. The number of benzene rings is 1. The molecule has 208 valence electrons. The van der Waals surface area contributed by atoms with Gasteiger partial charge in [-0.05, 0) is 44.9 Å². The van der Waals surface area contributed by atoms with Gasteiger partial charge in [0, 0.05) is 12.6 Å². The normalized spacial score (nSPS) is 18.1. The van der Waals surface area contributed by atoms with Gasteiger partial charge >= 0.3 is 19.2 Å². The molecule has 2 aliphatic rings. The molecule has 0 unspecified atom stereocenters. The first-order valence-corrected chi connectivity index (χ1v) is 12.4. The number of amides is 2. The zero-order valence-corrected chi connectivity index (χ0v) is 21.4. The van der Waals surface area contributed by atoms with Crippen molar-refractivity contribution in [3.8, 4) is 5.75 Å². The quantitative estimate of drug-likeness (QED) is 0.175. The number of ether oxygens (including phenoxy) is 3. The number of para-hydroxylation sites is 1. The summed E-state index contributed by atoms with van der Waals surface area (Å²) < 4.78 is 21.2. The smallest absolute Gasteiger partial charge is 0.534 e. The zero-order valence-electron chi connectivity index (χ0n) is 21.4. The molecule has 1 aromatic heterocycles. The Bertz CT molecular complexity index is 1220. The first-order valence-electron chi connectivity index (χ1n) is 12.4. The maximum atomic E-state index is 12.6. The van der Waals surface area contributed by atoms with Gasteiger partial charge in [0.05, 0.1) is 18.2 Å². The molecule has 0 aliphatic carbocycles. The lowest BCUT2D eigenvalue weighted by Gasteiger charge is -2.29. The second-order valence-electron chi connectivity index (χ2n) is 9.26. The van der Waals surface area contributed by atoms with Gasteiger partial charge in [-0.15, -0.1) is 5.10 Å². The molecular formula is C23H29BN6O9. The summed E-state index contributed by atoms with van der Waals surface area (Å²) in [5.74, 6) is -2.45. The molecule has 2 aromatic rings. The molecule has 0 bridgehead atoms. The van der Waals surface area contributed by atoms with Crippen LogP contribution in [0.3, 0.4) is 0 Å². The van der Waals surface area contributed by atoms with Crippen LogP contribution < -0.4 is 20.6 Å². The topological polar surface area (TPSA) is 192 Å². The van der Waals surface area contributed by atoms with Crippen LogP contribution in [0.1, 0.15) is 46.7 Å². The van der Waals surface area contributed by atoms with Gasteiger partial charge < -0.3 is 39.8 Å². The molecule has 1 fully saturated rings. The fourth-order valence-corrected chi connectivity index (χ4v) is 4.06. The number of aromatic nitrogens is 3. The van der Waals surface area contributed by atoms with E-state index in [0.29, 0.717) is 12.1 Å². The number of fused-ring (bicyclic) bond motifs is 1. The predicted molar refractivity (Wildman–Crippen MR) is 132 cm³/mol. The molecule has 0 spiro atoms. The lowest BCUT2D eigenvalue weighted by Crippen LogP contribution is -2.53. The van der Waals surface area contributed by atoms with Crippen LogP contribution in [0.15, 0.2) is 24.4 Å². The summed E-state index contributed by atoms with van der Waals surface area (Å²) in [6, 6.07) is 4.72. The number of esters is 1. The van der Waals surface area contributed by atoms with E-state index in [2.05, 4.69) is 31.0 Å². The van der Waals surface area contributed by atoms with Crippen LogP contribution in [0.5, 0.6) is 5.75 Å². The lowest BCUT2D eigenvalue weighted by molar-refractivity contribution is -0.122. The predicted octanol–water partition coefficient (Wildman–Crippen LogP) is -0.815. The first kappa shape index (κ1) is 27.8. The van der Waals surface area contributed by atoms with Crippen molar-refractivity contribution in [3.05, 3.63) is 41.2 Å². The Kier molecular flexibility index (Phi) is 8.98. The largest absolute Gasteiger partial charge is 0.547 e. The van der Waals surface area contributed by atoms with Gasteiger partial charge in [0.1, 0.15) is 17.9 Å². The van der Waals surface area contributed by atoms with E-state index in [1.807, 2.05) is 0 Å². The van der Waals surface area contributed by atoms with E-state index in [-0.39, 0.29) is 41.9 Å². The molecule has 2 aliphatic heterocycles. The average molecular weight is 544 g/mol. The minimum atomic E-state index is -1.47. The number of carbonyl (C=O) groups is 4. The molecule has 0 saturated carbocycles. The van der Waals surface area contributed by atoms with E-state index in [1.165, 1.54) is 16.9 Å². The molecule has 39 heavy (non-hydrogen) atoms. The Morgan fingerprint density at radius 1 is 1.26 bits per heavy atom. The molecule has 1 aromatic carbocycles. The van der Waals surface area contributed by atoms with Crippen LogP contribution in [0.2, 0.25) is 0 Å². The van der Waals surface area contributed by atoms with Crippen molar-refractivity contribution >= 4 is 31.1 Å². The Hall–Kier alpha value is -4.18. The Morgan fingerprint density at radius 3 is 2.82 bits per heavy atom. The van der Waals surface area contributed by atoms with Crippen molar-refractivity contribution in [3.63, 3.8) is 0 Å². The van der Waals surface area contributed by atoms with Gasteiger partial charge in [-0.2, -0.15) is 0 Å². The van der Waals surface area contributed by atoms with Gasteiger partial charge in [0.15, 0.2) is 5.69 Å². The number of hydrogen-bond acceptors (Lipinski definition) is 12. The highest BCUT2D eigenvalue weighted by molar-refractivity contribution is 6.47. The van der Waals surface area contributed by atoms with Gasteiger partial charge in [0.25, 0.3) is 5.91 Å². The van der Waals surface area contributed by atoms with E-state index < -0.39 is 44.0 Å². The van der Waals surface area contributed by atoms with E-state index in [1.54, 1.807) is 26.0 Å². The van der Waals surface area contributed by atoms with E-state index in [0.717, 1.165) is 13.0 Å². The third-order valence-corrected chi connectivity index (χ3v) is 5.86. The fraction of sp³-hybridized carbons (Fsp3) is 0.478. The Balaban J connectivity index is 1.30. The van der Waals surface area contributed by atoms with Crippen LogP contribution in [-0.4, -0.2) is 89.0 Å². The van der Waals surface area contributed by atoms with Crippen LogP contribution >= 0.6 is 0 Å². The van der Waals surface area contributed by atoms with Crippen LogP contribution in [-0.2, 0) is 32.0 Å². The standard InChI is InChI=1S/C23H29BN6O9/c1-13(2)38-23(34)37-12-36-22(33)16-5-3-4-14-8-18(24(35)39-20(14)16)27-19(31)11-30-10-17(28-29-30)21(32)26-15-6-7-25-9-15/h3-5,10,13,15,18,25,35H,6-9,11-12H2,1-2H3,(H,26,32)(H,27,31)/t15-,18-/m0/s1. The van der Waals surface area contributed by atoms with Gasteiger partial charge in [0.2, 0.25) is 12.7 Å². The SMILES string of the molecule is CC(C)OC(=O)OCOC(=O)c1cccc2c1OB(O)[C@@H](NC(=O)Cn1cc(C(=O)N[C@H]3CCNC3)nn1)C2. The van der Waals surface area contributed by atoms with E-state index in [9.17, 15) is 24.2 Å². The minimum absolute atomic E-state index is 0.0129. The average Bonchev–Trinajstić information content (AvgIpc) is 3.56. The lowest BCUT2D eigenvalue weighted by atomic mass is 9.72. The van der Waals surface area contributed by atoms with Crippen molar-refractivity contribution < 1.29 is 43.1 Å². The second-order valence-corrected chi connectivity index (χ2v) is 9.26. The third kappa shape index (κ3) is 7.45. The number of carbonyl (C=O) groups excluding carboxylic acids is 4. The summed E-state index contributed by atoms with van der Waals surface area (Å²) in [6.45, 7) is 3.89. The molecule has 15 nitrogen and oxygen atoms in total. The molecule has 3 heterocycles. The van der Waals surface area contributed by atoms with Crippen molar-refractivity contribution in [2.24, 2.45) is 0 Å². The first-order chi connectivity index (χ1) is 18.7. The van der Waals surface area contributed by atoms with Crippen molar-refractivity contribution in [1.82, 2.24) is 30.9 Å². The van der Waals surface area contributed by atoms with Gasteiger partial charge in [-0.25, -0.2) is 14.3 Å². The van der Waals surface area contributed by atoms with Crippen LogP contribution in [0.25, 0.3) is 0 Å². The molecule has 2 amide bonds. The molecule has 1 saturated heterocycles. The fourth-order valence-electron chi connectivity index (χ4n) is 4.06. The summed E-state index contributed by atoms with van der Waals surface area (Å²) in [4.78, 5) is 48.9. The van der Waals surface area contributed by atoms with E-state index >= 15 is 0 Å². The van der Waals surface area contributed by atoms with Gasteiger partial charge in [-0.3, -0.25) is 9.59 Å². The summed E-state index contributed by atoms with van der Waals surface area (Å²) >= 11 is 0.